The van der Waals surface area contributed by atoms with Crippen molar-refractivity contribution in [2.24, 2.45) is 20.5 Å². The Morgan fingerprint density at radius 3 is 1.40 bits per heavy atom. The van der Waals surface area contributed by atoms with E-state index in [4.69, 9.17) is 81.2 Å². The lowest BCUT2D eigenvalue weighted by Gasteiger charge is -2.17. The van der Waals surface area contributed by atoms with Crippen LogP contribution in [0, 0.1) is 0 Å². The van der Waals surface area contributed by atoms with Crippen LogP contribution in [0.4, 0.5) is 34.1 Å². The first-order chi connectivity index (χ1) is 29.8. The summed E-state index contributed by atoms with van der Waals surface area (Å²) in [6, 6.07) is 18.6. The normalized spacial score (nSPS) is 12.7. The molecule has 0 aromatic heterocycles. The minimum absolute atomic E-state index is 0.0582. The molecule has 4 N–H and O–H groups in total. The molecule has 63 heavy (non-hydrogen) atoms. The van der Waals surface area contributed by atoms with Crippen molar-refractivity contribution in [3.8, 4) is 0 Å². The van der Waals surface area contributed by atoms with E-state index >= 15 is 0 Å². The van der Waals surface area contributed by atoms with Crippen molar-refractivity contribution < 1.29 is 28.8 Å². The van der Waals surface area contributed by atoms with Gasteiger partial charge in [0.1, 0.15) is 0 Å². The molecular formula is C42H31Cl7N8O6. The molecule has 5 aromatic rings. The van der Waals surface area contributed by atoms with Gasteiger partial charge in [0.15, 0.2) is 11.6 Å². The number of halogens is 7. The Morgan fingerprint density at radius 1 is 0.524 bits per heavy atom. The minimum atomic E-state index is -1.64. The number of rotatable bonds is 15. The number of amides is 4. The summed E-state index contributed by atoms with van der Waals surface area (Å²) in [6.07, 6.45) is 0. The fourth-order valence-corrected chi connectivity index (χ4v) is 6.83. The first-order valence-electron chi connectivity index (χ1n) is 18.2. The topological polar surface area (TPSA) is 200 Å². The predicted molar refractivity (Wildman–Crippen MR) is 248 cm³/mol. The number of alkyl halides is 1. The fraction of sp³-hybridized carbons (Fsp3) is 0.143. The smallest absolute Gasteiger partial charge is 0.258 e. The first kappa shape index (κ1) is 48.6. The highest BCUT2D eigenvalue weighted by Gasteiger charge is 2.27. The number of ketones is 2. The summed E-state index contributed by atoms with van der Waals surface area (Å²) < 4.78 is 0. The van der Waals surface area contributed by atoms with Gasteiger partial charge >= 0.3 is 0 Å². The molecule has 0 radical (unpaired) electrons. The molecule has 0 saturated heterocycles. The number of azo groups is 2. The van der Waals surface area contributed by atoms with Gasteiger partial charge in [-0.3, -0.25) is 28.8 Å². The minimum Gasteiger partial charge on any atom is -0.324 e. The van der Waals surface area contributed by atoms with Crippen LogP contribution in [0.1, 0.15) is 52.4 Å². The zero-order chi connectivity index (χ0) is 46.1. The molecule has 21 heteroatoms. The quantitative estimate of drug-likeness (QED) is 0.0457. The van der Waals surface area contributed by atoms with Gasteiger partial charge in [0.2, 0.25) is 12.1 Å². The van der Waals surface area contributed by atoms with Crippen LogP contribution in [0.3, 0.4) is 0 Å². The fourth-order valence-electron chi connectivity index (χ4n) is 5.50. The second-order valence-corrected chi connectivity index (χ2v) is 16.5. The molecule has 3 atom stereocenters. The Labute approximate surface area is 394 Å². The SMILES string of the molecule is CC(=O)C(N=Nc1cc(Cl)cc(C(=O)Nc2cccc(Cl)c2Cl)c1)C(=O)Nc1ccc(NC(=O)C(N=Nc2cc(Cl)cc(C(=O)Nc3cccc(Cl)c3Cl)c2)C(C)=O)c(C(C)Cl)c1. The molecule has 5 rings (SSSR count). The van der Waals surface area contributed by atoms with Crippen LogP contribution in [0.25, 0.3) is 0 Å². The third-order valence-corrected chi connectivity index (χ3v) is 10.8. The number of carbonyl (C=O) groups is 6. The van der Waals surface area contributed by atoms with Crippen molar-refractivity contribution in [3.05, 3.63) is 138 Å². The van der Waals surface area contributed by atoms with Gasteiger partial charge in [0.05, 0.1) is 48.2 Å². The average molecular weight is 992 g/mol. The van der Waals surface area contributed by atoms with Gasteiger partial charge in [0.25, 0.3) is 23.6 Å². The second kappa shape index (κ2) is 21.8. The van der Waals surface area contributed by atoms with Crippen molar-refractivity contribution in [2.75, 3.05) is 21.3 Å². The summed E-state index contributed by atoms with van der Waals surface area (Å²) in [5.74, 6) is -4.26. The summed E-state index contributed by atoms with van der Waals surface area (Å²) in [6.45, 7) is 3.88. The zero-order valence-corrected chi connectivity index (χ0v) is 38.1. The first-order valence-corrected chi connectivity index (χ1v) is 20.9. The van der Waals surface area contributed by atoms with E-state index in [1.807, 2.05) is 0 Å². The number of anilines is 4. The van der Waals surface area contributed by atoms with E-state index in [1.54, 1.807) is 43.3 Å². The summed E-state index contributed by atoms with van der Waals surface area (Å²) >= 11 is 43.5. The van der Waals surface area contributed by atoms with Gasteiger partial charge in [-0.2, -0.15) is 20.5 Å². The van der Waals surface area contributed by atoms with Crippen LogP contribution in [0.2, 0.25) is 30.1 Å². The second-order valence-electron chi connectivity index (χ2n) is 13.4. The maximum Gasteiger partial charge on any atom is 0.258 e. The van der Waals surface area contributed by atoms with E-state index in [0.717, 1.165) is 13.8 Å². The highest BCUT2D eigenvalue weighted by molar-refractivity contribution is 6.44. The molecule has 0 heterocycles. The summed E-state index contributed by atoms with van der Waals surface area (Å²) in [4.78, 5) is 78.0. The van der Waals surface area contributed by atoms with Crippen LogP contribution >= 0.6 is 81.2 Å². The molecule has 4 amide bonds. The van der Waals surface area contributed by atoms with Crippen molar-refractivity contribution in [1.82, 2.24) is 0 Å². The van der Waals surface area contributed by atoms with Gasteiger partial charge in [0, 0.05) is 32.5 Å². The molecule has 0 aliphatic heterocycles. The van der Waals surface area contributed by atoms with Crippen LogP contribution in [0.5, 0.6) is 0 Å². The van der Waals surface area contributed by atoms with Crippen LogP contribution in [0.15, 0.2) is 111 Å². The van der Waals surface area contributed by atoms with E-state index in [2.05, 4.69) is 41.7 Å². The van der Waals surface area contributed by atoms with Crippen molar-refractivity contribution in [3.63, 3.8) is 0 Å². The number of benzene rings is 5. The predicted octanol–water partition coefficient (Wildman–Crippen LogP) is 12.8. The molecule has 0 spiro atoms. The molecule has 0 aliphatic rings. The molecule has 3 unspecified atom stereocenters. The van der Waals surface area contributed by atoms with Gasteiger partial charge in [-0.1, -0.05) is 81.7 Å². The molecule has 0 aliphatic carbocycles. The lowest BCUT2D eigenvalue weighted by molar-refractivity contribution is -0.127. The van der Waals surface area contributed by atoms with Crippen molar-refractivity contribution in [2.45, 2.75) is 38.2 Å². The Kier molecular flexibility index (Phi) is 16.8. The van der Waals surface area contributed by atoms with Crippen molar-refractivity contribution in [1.29, 1.82) is 0 Å². The van der Waals surface area contributed by atoms with Gasteiger partial charge in [-0.15, -0.1) is 11.6 Å². The van der Waals surface area contributed by atoms with E-state index in [1.165, 1.54) is 54.6 Å². The van der Waals surface area contributed by atoms with E-state index in [0.29, 0.717) is 5.56 Å². The molecule has 0 bridgehead atoms. The third kappa shape index (κ3) is 13.1. The number of hydrogen-bond acceptors (Lipinski definition) is 10. The highest BCUT2D eigenvalue weighted by atomic mass is 35.5. The van der Waals surface area contributed by atoms with E-state index in [9.17, 15) is 28.8 Å². The number of nitrogens with zero attached hydrogens (tertiary/aromatic N) is 4. The highest BCUT2D eigenvalue weighted by Crippen LogP contribution is 2.34. The number of carbonyl (C=O) groups excluding carboxylic acids is 6. The Balaban J connectivity index is 1.28. The molecule has 0 saturated carbocycles. The molecular weight excluding hydrogens is 961 g/mol. The van der Waals surface area contributed by atoms with E-state index in [-0.39, 0.29) is 75.4 Å². The van der Waals surface area contributed by atoms with Crippen LogP contribution in [-0.4, -0.2) is 47.3 Å². The summed E-state index contributed by atoms with van der Waals surface area (Å²) in [7, 11) is 0. The zero-order valence-electron chi connectivity index (χ0n) is 32.8. The molecule has 324 valence electrons. The standard InChI is InChI=1S/C42H31Cl7N8O6/c1-19(43)29-18-26(50-41(62)37(20(2)58)56-54-27-14-22(12-24(44)16-27)39(60)52-33-8-4-6-30(46)35(33)48)10-11-32(29)51-42(63)38(21(3)59)57-55-28-15-23(13-25(45)17-28)40(61)53-34-9-5-7-31(47)36(34)49/h4-19,37-38H,1-3H3,(H,50,62)(H,51,63)(H,52,60)(H,53,61). The average Bonchev–Trinajstić information content (AvgIpc) is 3.21. The molecule has 5 aromatic carbocycles. The number of Topliss-reactive ketones (excluding diaryl/α,β-unsaturated/α-hetero) is 2. The molecule has 14 nitrogen and oxygen atoms in total. The maximum atomic E-state index is 13.4. The maximum absolute atomic E-state index is 13.4. The molecule has 0 fully saturated rings. The lowest BCUT2D eigenvalue weighted by atomic mass is 10.1. The summed E-state index contributed by atoms with van der Waals surface area (Å²) in [5.41, 5.74) is 1.43. The third-order valence-electron chi connectivity index (χ3n) is 8.54. The monoisotopic (exact) mass is 988 g/mol. The lowest BCUT2D eigenvalue weighted by Crippen LogP contribution is -2.32. The van der Waals surface area contributed by atoms with Crippen LogP contribution < -0.4 is 21.3 Å². The Bertz CT molecular complexity index is 2710. The van der Waals surface area contributed by atoms with E-state index < -0.39 is 52.7 Å². The van der Waals surface area contributed by atoms with Crippen LogP contribution in [-0.2, 0) is 19.2 Å². The van der Waals surface area contributed by atoms with Gasteiger partial charge < -0.3 is 21.3 Å². The Hall–Kier alpha value is -5.45. The largest absolute Gasteiger partial charge is 0.324 e. The Morgan fingerprint density at radius 2 is 0.968 bits per heavy atom. The number of hydrogen-bond donors (Lipinski definition) is 4. The van der Waals surface area contributed by atoms with Crippen molar-refractivity contribution >= 4 is 151 Å². The summed E-state index contributed by atoms with van der Waals surface area (Å²) in [5, 5.41) is 26.6. The number of nitrogens with one attached hydrogen (secondary N) is 4. The van der Waals surface area contributed by atoms with Gasteiger partial charge in [-0.05, 0) is 105 Å². The van der Waals surface area contributed by atoms with Gasteiger partial charge in [-0.25, -0.2) is 0 Å².